The molecule has 21 heavy (non-hydrogen) atoms. The minimum absolute atomic E-state index is 0.0997. The van der Waals surface area contributed by atoms with Gasteiger partial charge in [0, 0.05) is 6.20 Å². The standard InChI is InChI=1S/C13H23N3O4S/c1-9(2)16(10(3)4)6-5-15-21(19,20)11-7-12(13(17)18)14-8-11/h7-10,14-15H,5-6H2,1-4H3,(H,17,18). The summed E-state index contributed by atoms with van der Waals surface area (Å²) in [6.45, 7) is 9.29. The largest absolute Gasteiger partial charge is 0.543 e. The minimum Gasteiger partial charge on any atom is -0.543 e. The Balaban J connectivity index is 2.66. The highest BCUT2D eigenvalue weighted by atomic mass is 32.2. The number of nitrogens with one attached hydrogen (secondary N) is 3. The highest BCUT2D eigenvalue weighted by molar-refractivity contribution is 7.89. The molecule has 0 aliphatic rings. The molecular weight excluding hydrogens is 294 g/mol. The number of carbonyl (C=O) groups is 1. The Kier molecular flexibility index (Phi) is 5.94. The van der Waals surface area contributed by atoms with E-state index in [1.54, 1.807) is 0 Å². The van der Waals surface area contributed by atoms with Crippen LogP contribution in [-0.2, 0) is 10.0 Å². The van der Waals surface area contributed by atoms with Crippen LogP contribution < -0.4 is 14.7 Å². The number of aromatic carboxylic acids is 1. The van der Waals surface area contributed by atoms with E-state index in [1.807, 2.05) is 0 Å². The first-order valence-corrected chi connectivity index (χ1v) is 8.38. The molecule has 1 aromatic rings. The van der Waals surface area contributed by atoms with Gasteiger partial charge in [-0.2, -0.15) is 0 Å². The van der Waals surface area contributed by atoms with Crippen molar-refractivity contribution in [2.24, 2.45) is 0 Å². The van der Waals surface area contributed by atoms with Crippen molar-refractivity contribution in [1.29, 1.82) is 0 Å². The fraction of sp³-hybridized carbons (Fsp3) is 0.615. The smallest absolute Gasteiger partial charge is 0.242 e. The molecule has 0 saturated heterocycles. The minimum atomic E-state index is -3.71. The van der Waals surface area contributed by atoms with Crippen LogP contribution in [0.3, 0.4) is 0 Å². The number of aromatic nitrogens is 1. The predicted molar refractivity (Wildman–Crippen MR) is 76.4 cm³/mol. The van der Waals surface area contributed by atoms with Gasteiger partial charge in [-0.3, -0.25) is 0 Å². The van der Waals surface area contributed by atoms with Crippen LogP contribution in [-0.4, -0.2) is 44.5 Å². The molecule has 0 radical (unpaired) electrons. The van der Waals surface area contributed by atoms with E-state index in [4.69, 9.17) is 0 Å². The average Bonchev–Trinajstić information content (AvgIpc) is 2.83. The van der Waals surface area contributed by atoms with Gasteiger partial charge in [-0.25, -0.2) is 13.1 Å². The second kappa shape index (κ2) is 7.06. The summed E-state index contributed by atoms with van der Waals surface area (Å²) in [6, 6.07) is 1.84. The van der Waals surface area contributed by atoms with E-state index in [0.717, 1.165) is 12.3 Å². The molecule has 0 aliphatic carbocycles. The molecule has 1 heterocycles. The van der Waals surface area contributed by atoms with Crippen molar-refractivity contribution >= 4 is 16.0 Å². The van der Waals surface area contributed by atoms with Crippen LogP contribution >= 0.6 is 0 Å². The summed E-state index contributed by atoms with van der Waals surface area (Å²) >= 11 is 0. The van der Waals surface area contributed by atoms with Crippen LogP contribution in [0.4, 0.5) is 0 Å². The molecule has 0 atom stereocenters. The molecule has 0 aliphatic heterocycles. The molecule has 8 heteroatoms. The first kappa shape index (κ1) is 17.7. The molecule has 0 amide bonds. The molecule has 0 aromatic carbocycles. The summed E-state index contributed by atoms with van der Waals surface area (Å²) in [6.07, 6.45) is 1.14. The molecule has 0 unspecified atom stereocenters. The van der Waals surface area contributed by atoms with Crippen LogP contribution in [0.1, 0.15) is 38.2 Å². The maximum Gasteiger partial charge on any atom is 0.242 e. The van der Waals surface area contributed by atoms with E-state index in [1.165, 1.54) is 4.90 Å². The Morgan fingerprint density at radius 2 is 1.90 bits per heavy atom. The number of carboxylic acids is 1. The van der Waals surface area contributed by atoms with E-state index in [9.17, 15) is 18.3 Å². The average molecular weight is 317 g/mol. The monoisotopic (exact) mass is 317 g/mol. The lowest BCUT2D eigenvalue weighted by atomic mass is 10.2. The Morgan fingerprint density at radius 3 is 2.33 bits per heavy atom. The lowest BCUT2D eigenvalue weighted by molar-refractivity contribution is -0.941. The van der Waals surface area contributed by atoms with Gasteiger partial charge in [0.15, 0.2) is 0 Å². The third kappa shape index (κ3) is 4.83. The van der Waals surface area contributed by atoms with Gasteiger partial charge < -0.3 is 19.8 Å². The predicted octanol–water partition coefficient (Wildman–Crippen LogP) is -1.64. The molecule has 0 saturated carbocycles. The van der Waals surface area contributed by atoms with E-state index in [0.29, 0.717) is 25.2 Å². The fourth-order valence-corrected chi connectivity index (χ4v) is 3.33. The number of aromatic amines is 1. The van der Waals surface area contributed by atoms with Crippen LogP contribution in [0.5, 0.6) is 0 Å². The van der Waals surface area contributed by atoms with E-state index in [-0.39, 0.29) is 10.6 Å². The normalized spacial score (nSPS) is 12.5. The SMILES string of the molecule is CC(C)[NH+](CCNS(=O)(=O)c1c[nH]c(C(=O)[O-])c1)C(C)C. The molecular formula is C13H23N3O4S. The molecule has 7 nitrogen and oxygen atoms in total. The number of sulfonamides is 1. The number of carboxylic acid groups (broad SMARTS) is 1. The molecule has 0 spiro atoms. The number of hydrogen-bond acceptors (Lipinski definition) is 4. The number of carbonyl (C=O) groups excluding carboxylic acids is 1. The highest BCUT2D eigenvalue weighted by Gasteiger charge is 2.20. The van der Waals surface area contributed by atoms with Crippen molar-refractivity contribution < 1.29 is 23.2 Å². The van der Waals surface area contributed by atoms with Crippen LogP contribution in [0.2, 0.25) is 0 Å². The van der Waals surface area contributed by atoms with Gasteiger partial charge in [-0.1, -0.05) is 0 Å². The van der Waals surface area contributed by atoms with Gasteiger partial charge in [0.2, 0.25) is 10.0 Å². The van der Waals surface area contributed by atoms with Crippen molar-refractivity contribution in [3.63, 3.8) is 0 Å². The fourth-order valence-electron chi connectivity index (χ4n) is 2.30. The van der Waals surface area contributed by atoms with Gasteiger partial charge in [-0.05, 0) is 33.8 Å². The zero-order chi connectivity index (χ0) is 16.2. The summed E-state index contributed by atoms with van der Waals surface area (Å²) in [7, 11) is -3.71. The number of rotatable bonds is 8. The molecule has 3 N–H and O–H groups in total. The third-order valence-corrected chi connectivity index (χ3v) is 4.82. The molecule has 1 rings (SSSR count). The summed E-state index contributed by atoms with van der Waals surface area (Å²) in [5.41, 5.74) is -0.257. The highest BCUT2D eigenvalue weighted by Crippen LogP contribution is 2.09. The second-order valence-electron chi connectivity index (χ2n) is 5.57. The van der Waals surface area contributed by atoms with Crippen molar-refractivity contribution in [2.75, 3.05) is 13.1 Å². The summed E-state index contributed by atoms with van der Waals surface area (Å²) in [5, 5.41) is 10.6. The summed E-state index contributed by atoms with van der Waals surface area (Å²) < 4.78 is 26.6. The number of H-pyrrole nitrogens is 1. The quantitative estimate of drug-likeness (QED) is 0.534. The van der Waals surface area contributed by atoms with Crippen molar-refractivity contribution in [1.82, 2.24) is 9.71 Å². The maximum absolute atomic E-state index is 12.0. The Labute approximate surface area is 125 Å². The van der Waals surface area contributed by atoms with Gasteiger partial charge in [-0.15, -0.1) is 0 Å². The lowest BCUT2D eigenvalue weighted by Crippen LogP contribution is -3.18. The number of quaternary nitrogens is 1. The van der Waals surface area contributed by atoms with Crippen LogP contribution in [0.15, 0.2) is 17.2 Å². The topological polar surface area (TPSA) is 107 Å². The van der Waals surface area contributed by atoms with E-state index < -0.39 is 16.0 Å². The Morgan fingerprint density at radius 1 is 1.33 bits per heavy atom. The van der Waals surface area contributed by atoms with Crippen molar-refractivity contribution in [2.45, 2.75) is 44.7 Å². The molecule has 0 fully saturated rings. The zero-order valence-electron chi connectivity index (χ0n) is 12.8. The zero-order valence-corrected chi connectivity index (χ0v) is 13.6. The Bertz CT molecular complexity index is 570. The van der Waals surface area contributed by atoms with Gasteiger partial charge in [0.1, 0.15) is 4.90 Å². The molecule has 120 valence electrons. The second-order valence-corrected chi connectivity index (χ2v) is 7.34. The Hall–Kier alpha value is -1.38. The van der Waals surface area contributed by atoms with Crippen LogP contribution in [0, 0.1) is 0 Å². The van der Waals surface area contributed by atoms with Gasteiger partial charge in [0.25, 0.3) is 0 Å². The van der Waals surface area contributed by atoms with Crippen LogP contribution in [0.25, 0.3) is 0 Å². The summed E-state index contributed by atoms with van der Waals surface area (Å²) in [5.74, 6) is -1.44. The third-order valence-electron chi connectivity index (χ3n) is 3.38. The van der Waals surface area contributed by atoms with Crippen molar-refractivity contribution in [3.8, 4) is 0 Å². The molecule has 1 aromatic heterocycles. The maximum atomic E-state index is 12.0. The summed E-state index contributed by atoms with van der Waals surface area (Å²) in [4.78, 5) is 14.2. The molecule has 0 bridgehead atoms. The first-order chi connectivity index (χ1) is 9.65. The lowest BCUT2D eigenvalue weighted by Gasteiger charge is -2.27. The van der Waals surface area contributed by atoms with Gasteiger partial charge >= 0.3 is 0 Å². The number of hydrogen-bond donors (Lipinski definition) is 3. The first-order valence-electron chi connectivity index (χ1n) is 6.90. The van der Waals surface area contributed by atoms with Crippen molar-refractivity contribution in [3.05, 3.63) is 18.0 Å². The van der Waals surface area contributed by atoms with Gasteiger partial charge in [0.05, 0.1) is 36.8 Å². The van der Waals surface area contributed by atoms with E-state index >= 15 is 0 Å². The van der Waals surface area contributed by atoms with E-state index in [2.05, 4.69) is 37.4 Å².